The van der Waals surface area contributed by atoms with Crippen LogP contribution in [-0.2, 0) is 0 Å². The Bertz CT molecular complexity index is 1230. The van der Waals surface area contributed by atoms with E-state index in [1.807, 2.05) is 48.5 Å². The summed E-state index contributed by atoms with van der Waals surface area (Å²) in [5, 5.41) is 37.7. The molecule has 0 aliphatic heterocycles. The first-order valence-electron chi connectivity index (χ1n) is 14.2. The van der Waals surface area contributed by atoms with Crippen molar-refractivity contribution in [2.75, 3.05) is 0 Å². The van der Waals surface area contributed by atoms with E-state index in [9.17, 15) is 20.4 Å². The van der Waals surface area contributed by atoms with Crippen molar-refractivity contribution in [3.63, 3.8) is 0 Å². The maximum atomic E-state index is 9.43. The summed E-state index contributed by atoms with van der Waals surface area (Å²) in [6.07, 6.45) is 3.94. The maximum Gasteiger partial charge on any atom is 0.115 e. The van der Waals surface area contributed by atoms with Crippen LogP contribution in [0.5, 0.6) is 23.0 Å². The molecular formula is C36H42O4. The second-order valence-electron chi connectivity index (χ2n) is 9.97. The molecule has 4 heteroatoms. The normalized spacial score (nSPS) is 13.0. The first-order chi connectivity index (χ1) is 19.3. The molecule has 4 aromatic carbocycles. The van der Waals surface area contributed by atoms with Crippen LogP contribution in [0.25, 0.3) is 11.1 Å². The minimum atomic E-state index is 0.284. The van der Waals surface area contributed by atoms with Crippen LogP contribution in [0.15, 0.2) is 97.1 Å². The number of hydrogen-bond donors (Lipinski definition) is 4. The van der Waals surface area contributed by atoms with Gasteiger partial charge in [0.15, 0.2) is 0 Å². The highest BCUT2D eigenvalue weighted by molar-refractivity contribution is 5.90. The van der Waals surface area contributed by atoms with Crippen LogP contribution in [0.2, 0.25) is 0 Å². The molecule has 2 unspecified atom stereocenters. The molecule has 0 radical (unpaired) electrons. The summed E-state index contributed by atoms with van der Waals surface area (Å²) in [6, 6.07) is 29.7. The number of benzene rings is 4. The maximum absolute atomic E-state index is 9.43. The van der Waals surface area contributed by atoms with Gasteiger partial charge in [0.05, 0.1) is 0 Å². The van der Waals surface area contributed by atoms with Gasteiger partial charge in [0.2, 0.25) is 0 Å². The SMILES string of the molecule is CC/C(=C(/CC)c1ccc(O)cc1)c1ccc(O)cc1.CCC(c1ccc(O)cc1)C(CC)c1ccc(O)cc1. The molecule has 0 fully saturated rings. The van der Waals surface area contributed by atoms with Crippen molar-refractivity contribution in [2.24, 2.45) is 0 Å². The fourth-order valence-corrected chi connectivity index (χ4v) is 5.46. The van der Waals surface area contributed by atoms with E-state index in [0.29, 0.717) is 23.3 Å². The molecule has 40 heavy (non-hydrogen) atoms. The Morgan fingerprint density at radius 3 is 0.900 bits per heavy atom. The minimum Gasteiger partial charge on any atom is -0.508 e. The van der Waals surface area contributed by atoms with Crippen molar-refractivity contribution < 1.29 is 20.4 Å². The molecule has 0 heterocycles. The summed E-state index contributed by atoms with van der Waals surface area (Å²) >= 11 is 0. The summed E-state index contributed by atoms with van der Waals surface area (Å²) in [5.74, 6) is 2.02. The zero-order valence-corrected chi connectivity index (χ0v) is 24.0. The Morgan fingerprint density at radius 1 is 0.425 bits per heavy atom. The van der Waals surface area contributed by atoms with Crippen molar-refractivity contribution >= 4 is 11.1 Å². The largest absolute Gasteiger partial charge is 0.508 e. The highest BCUT2D eigenvalue weighted by Crippen LogP contribution is 2.39. The first-order valence-corrected chi connectivity index (χ1v) is 14.2. The van der Waals surface area contributed by atoms with Crippen LogP contribution in [-0.4, -0.2) is 20.4 Å². The monoisotopic (exact) mass is 538 g/mol. The first kappa shape index (κ1) is 30.4. The van der Waals surface area contributed by atoms with Gasteiger partial charge in [-0.25, -0.2) is 0 Å². The van der Waals surface area contributed by atoms with Crippen molar-refractivity contribution in [3.8, 4) is 23.0 Å². The third kappa shape index (κ3) is 7.92. The van der Waals surface area contributed by atoms with E-state index in [4.69, 9.17) is 0 Å². The molecule has 0 bridgehead atoms. The predicted molar refractivity (Wildman–Crippen MR) is 166 cm³/mol. The highest BCUT2D eigenvalue weighted by atomic mass is 16.3. The molecule has 2 atom stereocenters. The summed E-state index contributed by atoms with van der Waals surface area (Å²) in [6.45, 7) is 8.66. The van der Waals surface area contributed by atoms with E-state index in [1.165, 1.54) is 22.3 Å². The fourth-order valence-electron chi connectivity index (χ4n) is 5.46. The lowest BCUT2D eigenvalue weighted by molar-refractivity contribution is 0.470. The Balaban J connectivity index is 0.000000220. The van der Waals surface area contributed by atoms with Gasteiger partial charge in [-0.2, -0.15) is 0 Å². The van der Waals surface area contributed by atoms with Crippen LogP contribution in [0.1, 0.15) is 87.5 Å². The predicted octanol–water partition coefficient (Wildman–Crippen LogP) is 9.61. The lowest BCUT2D eigenvalue weighted by Crippen LogP contribution is -2.10. The van der Waals surface area contributed by atoms with E-state index in [0.717, 1.165) is 36.8 Å². The van der Waals surface area contributed by atoms with Gasteiger partial charge >= 0.3 is 0 Å². The molecule has 0 saturated heterocycles. The molecule has 4 aromatic rings. The summed E-state index contributed by atoms with van der Waals surface area (Å²) in [4.78, 5) is 0. The minimum absolute atomic E-state index is 0.284. The molecule has 4 nitrogen and oxygen atoms in total. The van der Waals surface area contributed by atoms with E-state index < -0.39 is 0 Å². The third-order valence-electron chi connectivity index (χ3n) is 7.51. The van der Waals surface area contributed by atoms with Crippen LogP contribution in [0.4, 0.5) is 0 Å². The third-order valence-corrected chi connectivity index (χ3v) is 7.51. The van der Waals surface area contributed by atoms with Crippen LogP contribution in [0, 0.1) is 0 Å². The lowest BCUT2D eigenvalue weighted by Gasteiger charge is -2.26. The van der Waals surface area contributed by atoms with Gasteiger partial charge in [0.1, 0.15) is 23.0 Å². The smallest absolute Gasteiger partial charge is 0.115 e. The quantitative estimate of drug-likeness (QED) is 0.160. The number of rotatable bonds is 9. The number of phenols is 4. The van der Waals surface area contributed by atoms with E-state index in [2.05, 4.69) is 27.7 Å². The van der Waals surface area contributed by atoms with Gasteiger partial charge < -0.3 is 20.4 Å². The van der Waals surface area contributed by atoms with Gasteiger partial charge in [0, 0.05) is 0 Å². The fraction of sp³-hybridized carbons (Fsp3) is 0.278. The van der Waals surface area contributed by atoms with Crippen LogP contribution >= 0.6 is 0 Å². The second kappa shape index (κ2) is 14.8. The van der Waals surface area contributed by atoms with Crippen LogP contribution in [0.3, 0.4) is 0 Å². The van der Waals surface area contributed by atoms with Gasteiger partial charge in [-0.05, 0) is 119 Å². The highest BCUT2D eigenvalue weighted by Gasteiger charge is 2.22. The molecule has 0 saturated carbocycles. The van der Waals surface area contributed by atoms with Gasteiger partial charge in [0.25, 0.3) is 0 Å². The average Bonchev–Trinajstić information content (AvgIpc) is 2.97. The Labute approximate surface area is 238 Å². The standard InChI is InChI=1S/C18H22O2.C18H20O2/c2*1-3-17(13-5-9-15(19)10-6-13)18(4-2)14-7-11-16(20)12-8-14/h5-12,17-20H,3-4H2,1-2H3;5-12,19-20H,3-4H2,1-2H3/b;18-17+. The van der Waals surface area contributed by atoms with Crippen molar-refractivity contribution in [3.05, 3.63) is 119 Å². The number of hydrogen-bond acceptors (Lipinski definition) is 4. The Kier molecular flexibility index (Phi) is 11.3. The van der Waals surface area contributed by atoms with E-state index in [1.54, 1.807) is 48.5 Å². The topological polar surface area (TPSA) is 80.9 Å². The number of allylic oxidation sites excluding steroid dienone is 2. The zero-order chi connectivity index (χ0) is 29.1. The van der Waals surface area contributed by atoms with Gasteiger partial charge in [-0.1, -0.05) is 76.2 Å². The molecule has 0 aliphatic rings. The molecule has 4 N–H and O–H groups in total. The van der Waals surface area contributed by atoms with Gasteiger partial charge in [-0.15, -0.1) is 0 Å². The van der Waals surface area contributed by atoms with Crippen molar-refractivity contribution in [1.29, 1.82) is 0 Å². The Hall–Kier alpha value is -4.18. The van der Waals surface area contributed by atoms with Crippen molar-refractivity contribution in [2.45, 2.75) is 65.2 Å². The lowest BCUT2D eigenvalue weighted by atomic mass is 9.78. The molecule has 0 amide bonds. The number of phenolic OH excluding ortho intramolecular Hbond substituents is 4. The van der Waals surface area contributed by atoms with E-state index in [-0.39, 0.29) is 11.5 Å². The van der Waals surface area contributed by atoms with Crippen LogP contribution < -0.4 is 0 Å². The number of aromatic hydroxyl groups is 4. The Morgan fingerprint density at radius 2 is 0.675 bits per heavy atom. The zero-order valence-electron chi connectivity index (χ0n) is 24.0. The van der Waals surface area contributed by atoms with E-state index >= 15 is 0 Å². The molecule has 210 valence electrons. The molecular weight excluding hydrogens is 496 g/mol. The summed E-state index contributed by atoms with van der Waals surface area (Å²) < 4.78 is 0. The molecule has 0 spiro atoms. The summed E-state index contributed by atoms with van der Waals surface area (Å²) in [7, 11) is 0. The molecule has 4 rings (SSSR count). The van der Waals surface area contributed by atoms with Gasteiger partial charge in [-0.3, -0.25) is 0 Å². The molecule has 0 aromatic heterocycles. The summed E-state index contributed by atoms with van der Waals surface area (Å²) in [5.41, 5.74) is 7.33. The second-order valence-corrected chi connectivity index (χ2v) is 9.97. The van der Waals surface area contributed by atoms with Crippen molar-refractivity contribution in [1.82, 2.24) is 0 Å². The molecule has 0 aliphatic carbocycles. The average molecular weight is 539 g/mol.